The molecule has 1 aliphatic heterocycles. The first-order chi connectivity index (χ1) is 13.9. The van der Waals surface area contributed by atoms with Crippen LogP contribution >= 0.6 is 11.6 Å². The van der Waals surface area contributed by atoms with Gasteiger partial charge in [-0.1, -0.05) is 41.9 Å². The van der Waals surface area contributed by atoms with Crippen LogP contribution in [0.5, 0.6) is 0 Å². The predicted octanol–water partition coefficient (Wildman–Crippen LogP) is 2.22. The topological polar surface area (TPSA) is 112 Å². The van der Waals surface area contributed by atoms with Crippen LogP contribution in [-0.4, -0.2) is 51.8 Å². The van der Waals surface area contributed by atoms with Crippen LogP contribution in [-0.2, 0) is 20.8 Å². The molecule has 156 valence electrons. The Morgan fingerprint density at radius 1 is 1.21 bits per heavy atom. The van der Waals surface area contributed by atoms with E-state index >= 15 is 0 Å². The van der Waals surface area contributed by atoms with Gasteiger partial charge in [0.05, 0.1) is 31.5 Å². The lowest BCUT2D eigenvalue weighted by Gasteiger charge is -2.28. The number of halogens is 1. The molecule has 4 N–H and O–H groups in total. The SMILES string of the molecule is CC1(C)O[C@@H]2[C@@H](COCc3ccccc3)[C@H](O)[C@@H](Nc3ncnc(Cl)c3N)[C@@H]2O1. The summed E-state index contributed by atoms with van der Waals surface area (Å²) >= 11 is 5.99. The van der Waals surface area contributed by atoms with E-state index in [9.17, 15) is 5.11 Å². The number of nitrogens with one attached hydrogen (secondary N) is 1. The highest BCUT2D eigenvalue weighted by molar-refractivity contribution is 6.32. The molecule has 0 spiro atoms. The fourth-order valence-corrected chi connectivity index (χ4v) is 4.11. The van der Waals surface area contributed by atoms with E-state index in [1.165, 1.54) is 6.33 Å². The van der Waals surface area contributed by atoms with E-state index in [0.717, 1.165) is 5.56 Å². The van der Waals surface area contributed by atoms with Crippen molar-refractivity contribution in [3.05, 3.63) is 47.4 Å². The number of aliphatic hydroxyl groups excluding tert-OH is 1. The number of anilines is 2. The molecule has 1 aromatic carbocycles. The largest absolute Gasteiger partial charge is 0.393 e. The zero-order chi connectivity index (χ0) is 20.6. The highest BCUT2D eigenvalue weighted by Crippen LogP contribution is 2.43. The van der Waals surface area contributed by atoms with Gasteiger partial charge in [-0.05, 0) is 19.4 Å². The van der Waals surface area contributed by atoms with Crippen molar-refractivity contribution in [3.8, 4) is 0 Å². The Hall–Kier alpha value is -1.97. The van der Waals surface area contributed by atoms with Crippen LogP contribution < -0.4 is 11.1 Å². The second kappa shape index (κ2) is 8.04. The van der Waals surface area contributed by atoms with Gasteiger partial charge >= 0.3 is 0 Å². The lowest BCUT2D eigenvalue weighted by Crippen LogP contribution is -2.42. The second-order valence-electron chi connectivity index (χ2n) is 7.82. The van der Waals surface area contributed by atoms with Gasteiger partial charge in [-0.3, -0.25) is 0 Å². The molecule has 29 heavy (non-hydrogen) atoms. The van der Waals surface area contributed by atoms with Crippen molar-refractivity contribution in [1.29, 1.82) is 0 Å². The normalized spacial score (nSPS) is 30.3. The number of aromatic nitrogens is 2. The van der Waals surface area contributed by atoms with Crippen LogP contribution in [0.15, 0.2) is 36.7 Å². The van der Waals surface area contributed by atoms with Crippen molar-refractivity contribution < 1.29 is 19.3 Å². The standard InChI is InChI=1S/C20H25ClN4O4/c1-20(2)28-16-12(9-27-8-11-6-4-3-5-7-11)15(26)14(17(16)29-20)25-19-13(22)18(21)23-10-24-19/h3-7,10,12,14-17,26H,8-9,22H2,1-2H3,(H,23,24,25)/t12-,14+,15-,16+,17-/m0/s1. The number of hydrogen-bond donors (Lipinski definition) is 3. The number of rotatable bonds is 6. The lowest BCUT2D eigenvalue weighted by molar-refractivity contribution is -0.169. The zero-order valence-corrected chi connectivity index (χ0v) is 17.0. The summed E-state index contributed by atoms with van der Waals surface area (Å²) in [5, 5.41) is 14.4. The van der Waals surface area contributed by atoms with E-state index in [2.05, 4.69) is 15.3 Å². The van der Waals surface area contributed by atoms with Crippen LogP contribution in [0.4, 0.5) is 11.5 Å². The molecule has 1 aliphatic carbocycles. The second-order valence-corrected chi connectivity index (χ2v) is 8.17. The third kappa shape index (κ3) is 4.17. The monoisotopic (exact) mass is 420 g/mol. The molecule has 0 amide bonds. The number of hydrogen-bond acceptors (Lipinski definition) is 8. The molecular weight excluding hydrogens is 396 g/mol. The van der Waals surface area contributed by atoms with Crippen molar-refractivity contribution in [2.45, 2.75) is 50.6 Å². The molecule has 5 atom stereocenters. The van der Waals surface area contributed by atoms with Gasteiger partial charge in [-0.2, -0.15) is 0 Å². The highest BCUT2D eigenvalue weighted by atomic mass is 35.5. The number of ether oxygens (including phenoxy) is 3. The number of nitrogens with two attached hydrogens (primary N) is 1. The Balaban J connectivity index is 1.49. The van der Waals surface area contributed by atoms with Crippen LogP contribution in [0.25, 0.3) is 0 Å². The quantitative estimate of drug-likeness (QED) is 0.610. The minimum Gasteiger partial charge on any atom is -0.393 e. The third-order valence-electron chi connectivity index (χ3n) is 5.31. The fourth-order valence-electron chi connectivity index (χ4n) is 3.98. The van der Waals surface area contributed by atoms with Crippen molar-refractivity contribution in [2.75, 3.05) is 17.7 Å². The Bertz CT molecular complexity index is 854. The van der Waals surface area contributed by atoms with Crippen LogP contribution in [0.3, 0.4) is 0 Å². The predicted molar refractivity (Wildman–Crippen MR) is 108 cm³/mol. The van der Waals surface area contributed by atoms with Crippen molar-refractivity contribution in [2.24, 2.45) is 5.92 Å². The van der Waals surface area contributed by atoms with E-state index in [-0.39, 0.29) is 22.9 Å². The maximum atomic E-state index is 11.0. The van der Waals surface area contributed by atoms with Crippen LogP contribution in [0, 0.1) is 5.92 Å². The molecule has 0 bridgehead atoms. The number of fused-ring (bicyclic) bond motifs is 1. The Morgan fingerprint density at radius 3 is 2.69 bits per heavy atom. The first-order valence-corrected chi connectivity index (χ1v) is 9.91. The maximum absolute atomic E-state index is 11.0. The molecular formula is C20H25ClN4O4. The van der Waals surface area contributed by atoms with Crippen LogP contribution in [0.2, 0.25) is 5.15 Å². The summed E-state index contributed by atoms with van der Waals surface area (Å²) in [7, 11) is 0. The van der Waals surface area contributed by atoms with Gasteiger partial charge in [0.2, 0.25) is 0 Å². The highest BCUT2D eigenvalue weighted by Gasteiger charge is 2.58. The molecule has 1 aromatic heterocycles. The van der Waals surface area contributed by atoms with Gasteiger partial charge in [0.15, 0.2) is 16.8 Å². The Labute approximate surface area is 174 Å². The molecule has 1 saturated heterocycles. The molecule has 9 heteroatoms. The number of benzene rings is 1. The average Bonchev–Trinajstić information content (AvgIpc) is 3.12. The Morgan fingerprint density at radius 2 is 1.93 bits per heavy atom. The smallest absolute Gasteiger partial charge is 0.163 e. The first kappa shape index (κ1) is 20.3. The van der Waals surface area contributed by atoms with E-state index in [4.69, 9.17) is 31.5 Å². The molecule has 0 unspecified atom stereocenters. The minimum absolute atomic E-state index is 0.151. The van der Waals surface area contributed by atoms with Gasteiger partial charge < -0.3 is 30.4 Å². The summed E-state index contributed by atoms with van der Waals surface area (Å²) in [4.78, 5) is 8.00. The zero-order valence-electron chi connectivity index (χ0n) is 16.3. The van der Waals surface area contributed by atoms with E-state index in [1.807, 2.05) is 44.2 Å². The van der Waals surface area contributed by atoms with Crippen molar-refractivity contribution in [3.63, 3.8) is 0 Å². The summed E-state index contributed by atoms with van der Waals surface area (Å²) in [6, 6.07) is 9.40. The summed E-state index contributed by atoms with van der Waals surface area (Å²) in [5.74, 6) is -0.685. The van der Waals surface area contributed by atoms with Crippen LogP contribution in [0.1, 0.15) is 19.4 Å². The van der Waals surface area contributed by atoms with Crippen molar-refractivity contribution >= 4 is 23.1 Å². The summed E-state index contributed by atoms with van der Waals surface area (Å²) in [6.07, 6.45) is -0.189. The molecule has 4 rings (SSSR count). The van der Waals surface area contributed by atoms with Gasteiger partial charge in [-0.15, -0.1) is 0 Å². The molecule has 2 heterocycles. The molecule has 2 aromatic rings. The van der Waals surface area contributed by atoms with Gasteiger partial charge in [0.1, 0.15) is 18.1 Å². The molecule has 0 radical (unpaired) electrons. The lowest BCUT2D eigenvalue weighted by atomic mass is 10.0. The molecule has 8 nitrogen and oxygen atoms in total. The first-order valence-electron chi connectivity index (χ1n) is 9.53. The maximum Gasteiger partial charge on any atom is 0.163 e. The van der Waals surface area contributed by atoms with E-state index in [0.29, 0.717) is 19.0 Å². The number of nitrogens with zero attached hydrogens (tertiary/aromatic N) is 2. The van der Waals surface area contributed by atoms with E-state index in [1.54, 1.807) is 0 Å². The Kier molecular flexibility index (Phi) is 5.63. The number of aliphatic hydroxyl groups is 1. The number of nitrogen functional groups attached to an aromatic ring is 1. The summed E-state index contributed by atoms with van der Waals surface area (Å²) in [5.41, 5.74) is 7.27. The summed E-state index contributed by atoms with van der Waals surface area (Å²) in [6.45, 7) is 4.49. The third-order valence-corrected chi connectivity index (χ3v) is 5.61. The van der Waals surface area contributed by atoms with Crippen molar-refractivity contribution in [1.82, 2.24) is 9.97 Å². The molecule has 1 saturated carbocycles. The molecule has 2 aliphatic rings. The van der Waals surface area contributed by atoms with Gasteiger partial charge in [-0.25, -0.2) is 9.97 Å². The summed E-state index contributed by atoms with van der Waals surface area (Å²) < 4.78 is 18.1. The average molecular weight is 421 g/mol. The van der Waals surface area contributed by atoms with E-state index < -0.39 is 24.0 Å². The minimum atomic E-state index is -0.787. The molecule has 2 fully saturated rings. The van der Waals surface area contributed by atoms with Gasteiger partial charge in [0, 0.05) is 5.92 Å². The fraction of sp³-hybridized carbons (Fsp3) is 0.500. The van der Waals surface area contributed by atoms with Gasteiger partial charge in [0.25, 0.3) is 0 Å².